The zero-order chi connectivity index (χ0) is 16.5. The number of rotatable bonds is 4. The van der Waals surface area contributed by atoms with Crippen LogP contribution in [0.25, 0.3) is 0 Å². The van der Waals surface area contributed by atoms with E-state index in [0.29, 0.717) is 12.4 Å². The summed E-state index contributed by atoms with van der Waals surface area (Å²) in [7, 11) is 0. The number of carbonyl (C=O) groups is 1. The number of carboxylic acids is 1. The maximum atomic E-state index is 10.7. The Labute approximate surface area is 131 Å². The standard InChI is InChI=1S/C17H25NO4/c1-10(7-15(19)20)18-13-9-22-14-8-11(17(2,3)4)5-6-12(14)16(13)21/h5-6,8,10,13,16,18,21H,7,9H2,1-4H3,(H,19,20)/t10?,13-,16+/m1/s1. The predicted molar refractivity (Wildman–Crippen MR) is 84.2 cm³/mol. The average Bonchev–Trinajstić information content (AvgIpc) is 2.39. The Hall–Kier alpha value is -1.59. The molecule has 122 valence electrons. The molecule has 1 aliphatic heterocycles. The van der Waals surface area contributed by atoms with Crippen LogP contribution in [-0.4, -0.2) is 34.9 Å². The third-order valence-corrected chi connectivity index (χ3v) is 3.98. The molecule has 0 saturated heterocycles. The van der Waals surface area contributed by atoms with Crippen molar-refractivity contribution < 1.29 is 19.7 Å². The highest BCUT2D eigenvalue weighted by Gasteiger charge is 2.31. The van der Waals surface area contributed by atoms with Crippen LogP contribution in [0.2, 0.25) is 0 Å². The number of ether oxygens (including phenoxy) is 1. The van der Waals surface area contributed by atoms with Crippen molar-refractivity contribution >= 4 is 5.97 Å². The summed E-state index contributed by atoms with van der Waals surface area (Å²) in [6.07, 6.45) is -0.687. The monoisotopic (exact) mass is 307 g/mol. The number of carboxylic acid groups (broad SMARTS) is 1. The SMILES string of the molecule is CC(CC(=O)O)N[C@@H]1COc2cc(C(C)(C)C)ccc2[C@@H]1O. The van der Waals surface area contributed by atoms with Crippen molar-refractivity contribution in [1.29, 1.82) is 0 Å². The average molecular weight is 307 g/mol. The summed E-state index contributed by atoms with van der Waals surface area (Å²) < 4.78 is 5.78. The van der Waals surface area contributed by atoms with E-state index in [1.165, 1.54) is 0 Å². The fraction of sp³-hybridized carbons (Fsp3) is 0.588. The number of aliphatic hydroxyl groups excluding tert-OH is 1. The zero-order valence-corrected chi connectivity index (χ0v) is 13.6. The lowest BCUT2D eigenvalue weighted by atomic mass is 9.85. The molecular formula is C17H25NO4. The van der Waals surface area contributed by atoms with Crippen molar-refractivity contribution in [1.82, 2.24) is 5.32 Å². The minimum atomic E-state index is -0.860. The van der Waals surface area contributed by atoms with Crippen molar-refractivity contribution in [3.05, 3.63) is 29.3 Å². The molecule has 0 aliphatic carbocycles. The third-order valence-electron chi connectivity index (χ3n) is 3.98. The first-order valence-corrected chi connectivity index (χ1v) is 7.61. The summed E-state index contributed by atoms with van der Waals surface area (Å²) in [5, 5.41) is 22.4. The van der Waals surface area contributed by atoms with Crippen LogP contribution in [0.5, 0.6) is 5.75 Å². The Balaban J connectivity index is 2.13. The second-order valence-electron chi connectivity index (χ2n) is 7.03. The number of benzene rings is 1. The Morgan fingerprint density at radius 2 is 2.14 bits per heavy atom. The lowest BCUT2D eigenvalue weighted by molar-refractivity contribution is -0.137. The highest BCUT2D eigenvalue weighted by atomic mass is 16.5. The molecule has 5 nitrogen and oxygen atoms in total. The molecule has 22 heavy (non-hydrogen) atoms. The normalized spacial score (nSPS) is 22.6. The van der Waals surface area contributed by atoms with Gasteiger partial charge in [0.05, 0.1) is 12.5 Å². The lowest BCUT2D eigenvalue weighted by Crippen LogP contribution is -2.47. The first kappa shape index (κ1) is 16.8. The number of aliphatic carboxylic acids is 1. The van der Waals surface area contributed by atoms with Gasteiger partial charge in [-0.2, -0.15) is 0 Å². The molecule has 0 amide bonds. The lowest BCUT2D eigenvalue weighted by Gasteiger charge is -2.33. The molecule has 0 bridgehead atoms. The van der Waals surface area contributed by atoms with E-state index >= 15 is 0 Å². The van der Waals surface area contributed by atoms with Gasteiger partial charge in [0.25, 0.3) is 0 Å². The highest BCUT2D eigenvalue weighted by molar-refractivity contribution is 5.67. The van der Waals surface area contributed by atoms with Gasteiger partial charge in [0, 0.05) is 11.6 Å². The summed E-state index contributed by atoms with van der Waals surface area (Å²) in [5.74, 6) is -0.148. The summed E-state index contributed by atoms with van der Waals surface area (Å²) in [6.45, 7) is 8.51. The largest absolute Gasteiger partial charge is 0.491 e. The van der Waals surface area contributed by atoms with Crippen LogP contribution < -0.4 is 10.1 Å². The molecule has 1 aromatic rings. The molecule has 1 aromatic carbocycles. The Bertz CT molecular complexity index is 550. The van der Waals surface area contributed by atoms with Crippen LogP contribution in [0, 0.1) is 0 Å². The summed E-state index contributed by atoms with van der Waals surface area (Å²) >= 11 is 0. The van der Waals surface area contributed by atoms with E-state index in [1.54, 1.807) is 6.92 Å². The maximum absolute atomic E-state index is 10.7. The highest BCUT2D eigenvalue weighted by Crippen LogP contribution is 2.36. The van der Waals surface area contributed by atoms with Gasteiger partial charge in [-0.15, -0.1) is 0 Å². The van der Waals surface area contributed by atoms with Crippen LogP contribution >= 0.6 is 0 Å². The van der Waals surface area contributed by atoms with Crippen LogP contribution in [-0.2, 0) is 10.2 Å². The van der Waals surface area contributed by atoms with Gasteiger partial charge in [-0.3, -0.25) is 4.79 Å². The van der Waals surface area contributed by atoms with Crippen molar-refractivity contribution in [3.63, 3.8) is 0 Å². The molecule has 3 N–H and O–H groups in total. The van der Waals surface area contributed by atoms with E-state index in [-0.39, 0.29) is 23.9 Å². The number of nitrogens with one attached hydrogen (secondary N) is 1. The van der Waals surface area contributed by atoms with Gasteiger partial charge in [-0.25, -0.2) is 0 Å². The van der Waals surface area contributed by atoms with Gasteiger partial charge in [0.15, 0.2) is 0 Å². The van der Waals surface area contributed by atoms with E-state index in [9.17, 15) is 9.90 Å². The van der Waals surface area contributed by atoms with E-state index < -0.39 is 12.1 Å². The molecular weight excluding hydrogens is 282 g/mol. The van der Waals surface area contributed by atoms with E-state index in [2.05, 4.69) is 26.1 Å². The molecule has 2 rings (SSSR count). The van der Waals surface area contributed by atoms with Crippen LogP contribution in [0.1, 0.15) is 51.3 Å². The summed E-state index contributed by atoms with van der Waals surface area (Å²) in [6, 6.07) is 5.36. The minimum absolute atomic E-state index is 0.0129. The van der Waals surface area contributed by atoms with Gasteiger partial charge >= 0.3 is 5.97 Å². The fourth-order valence-electron chi connectivity index (χ4n) is 2.68. The van der Waals surface area contributed by atoms with Gasteiger partial charge in [-0.05, 0) is 24.0 Å². The molecule has 0 saturated carbocycles. The topological polar surface area (TPSA) is 78.8 Å². The minimum Gasteiger partial charge on any atom is -0.491 e. The number of aliphatic hydroxyl groups is 1. The molecule has 1 heterocycles. The van der Waals surface area contributed by atoms with Gasteiger partial charge in [0.1, 0.15) is 18.5 Å². The molecule has 1 unspecified atom stereocenters. The van der Waals surface area contributed by atoms with Gasteiger partial charge < -0.3 is 20.3 Å². The summed E-state index contributed by atoms with van der Waals surface area (Å²) in [5.41, 5.74) is 1.93. The van der Waals surface area contributed by atoms with Crippen molar-refractivity contribution in [2.75, 3.05) is 6.61 Å². The Kier molecular flexibility index (Phi) is 4.78. The first-order valence-electron chi connectivity index (χ1n) is 7.61. The summed E-state index contributed by atoms with van der Waals surface area (Å²) in [4.78, 5) is 10.7. The quantitative estimate of drug-likeness (QED) is 0.795. The molecule has 1 aliphatic rings. The number of hydrogen-bond donors (Lipinski definition) is 3. The molecule has 0 fully saturated rings. The predicted octanol–water partition coefficient (Wildman–Crippen LogP) is 2.23. The van der Waals surface area contributed by atoms with Gasteiger partial charge in [-0.1, -0.05) is 32.9 Å². The second kappa shape index (κ2) is 6.26. The van der Waals surface area contributed by atoms with Crippen molar-refractivity contribution in [3.8, 4) is 5.75 Å². The van der Waals surface area contributed by atoms with E-state index in [1.807, 2.05) is 18.2 Å². The van der Waals surface area contributed by atoms with Crippen LogP contribution in [0.15, 0.2) is 18.2 Å². The van der Waals surface area contributed by atoms with E-state index in [0.717, 1.165) is 11.1 Å². The zero-order valence-electron chi connectivity index (χ0n) is 13.6. The maximum Gasteiger partial charge on any atom is 0.304 e. The number of fused-ring (bicyclic) bond motifs is 1. The van der Waals surface area contributed by atoms with E-state index in [4.69, 9.17) is 9.84 Å². The molecule has 5 heteroatoms. The van der Waals surface area contributed by atoms with Crippen molar-refractivity contribution in [2.45, 2.75) is 57.7 Å². The van der Waals surface area contributed by atoms with Crippen LogP contribution in [0.4, 0.5) is 0 Å². The Morgan fingerprint density at radius 3 is 2.73 bits per heavy atom. The smallest absolute Gasteiger partial charge is 0.304 e. The molecule has 0 aromatic heterocycles. The first-order chi connectivity index (χ1) is 10.2. The Morgan fingerprint density at radius 1 is 1.45 bits per heavy atom. The van der Waals surface area contributed by atoms with Crippen molar-refractivity contribution in [2.24, 2.45) is 0 Å². The number of hydrogen-bond acceptors (Lipinski definition) is 4. The molecule has 0 radical (unpaired) electrons. The van der Waals surface area contributed by atoms with Gasteiger partial charge in [0.2, 0.25) is 0 Å². The third kappa shape index (κ3) is 3.78. The fourth-order valence-corrected chi connectivity index (χ4v) is 2.68. The molecule has 0 spiro atoms. The van der Waals surface area contributed by atoms with Crippen LogP contribution in [0.3, 0.4) is 0 Å². The second-order valence-corrected chi connectivity index (χ2v) is 7.03. The molecule has 3 atom stereocenters.